The lowest BCUT2D eigenvalue weighted by molar-refractivity contribution is -0.159. The van der Waals surface area contributed by atoms with Gasteiger partial charge in [0, 0.05) is 52.7 Å². The minimum absolute atomic E-state index is 0.132. The molecule has 0 fully saturated rings. The molecule has 0 amide bonds. The number of imidazole rings is 1. The van der Waals surface area contributed by atoms with Crippen LogP contribution in [-0.4, -0.2) is 39.8 Å². The molecule has 0 N–H and O–H groups in total. The first-order chi connectivity index (χ1) is 14.1. The molecule has 0 aliphatic heterocycles. The third kappa shape index (κ3) is 4.35. The lowest BCUT2D eigenvalue weighted by Gasteiger charge is -2.01. The monoisotopic (exact) mass is 439 g/mol. The zero-order valence-electron chi connectivity index (χ0n) is 15.9. The summed E-state index contributed by atoms with van der Waals surface area (Å²) in [4.78, 5) is 7.76. The Morgan fingerprint density at radius 2 is 2.00 bits per heavy atom. The number of aryl methyl sites for hydroxylation is 1. The van der Waals surface area contributed by atoms with Crippen LogP contribution in [0.1, 0.15) is 17.1 Å². The maximum Gasteiger partial charge on any atom is 0.471 e. The highest BCUT2D eigenvalue weighted by Gasteiger charge is 2.38. The zero-order valence-corrected chi connectivity index (χ0v) is 16.7. The van der Waals surface area contributed by atoms with Gasteiger partial charge in [-0.15, -0.1) is 0 Å². The zero-order chi connectivity index (χ0) is 21.5. The number of hydrogen-bond acceptors (Lipinski definition) is 7. The van der Waals surface area contributed by atoms with Crippen LogP contribution in [0.25, 0.3) is 17.0 Å². The molecule has 158 valence electrons. The molecule has 0 aromatic carbocycles. The van der Waals surface area contributed by atoms with Gasteiger partial charge in [0.05, 0.1) is 24.2 Å². The number of hydrogen-bond donors (Lipinski definition) is 0. The van der Waals surface area contributed by atoms with Gasteiger partial charge in [-0.3, -0.25) is 4.68 Å². The fourth-order valence-electron chi connectivity index (χ4n) is 2.81. The minimum Gasteiger partial charge on any atom is -0.329 e. The van der Waals surface area contributed by atoms with Crippen molar-refractivity contribution in [1.29, 1.82) is 0 Å². The Morgan fingerprint density at radius 1 is 1.20 bits per heavy atom. The third-order valence-electron chi connectivity index (χ3n) is 4.12. The van der Waals surface area contributed by atoms with Gasteiger partial charge in [-0.1, -0.05) is 5.16 Å². The Bertz CT molecular complexity index is 1330. The van der Waals surface area contributed by atoms with Crippen LogP contribution in [0.4, 0.5) is 13.2 Å². The first kappa shape index (κ1) is 20.1. The highest BCUT2D eigenvalue weighted by molar-refractivity contribution is 7.92. The summed E-state index contributed by atoms with van der Waals surface area (Å²) in [6.45, 7) is 0.132. The number of halogens is 3. The van der Waals surface area contributed by atoms with Crippen LogP contribution in [0, 0.1) is 0 Å². The smallest absolute Gasteiger partial charge is 0.329 e. The maximum atomic E-state index is 12.7. The summed E-state index contributed by atoms with van der Waals surface area (Å²) in [5.74, 6) is -1.32. The van der Waals surface area contributed by atoms with Crippen LogP contribution in [0.5, 0.6) is 0 Å². The molecule has 4 rings (SSSR count). The van der Waals surface area contributed by atoms with E-state index in [1.807, 2.05) is 0 Å². The molecule has 13 heteroatoms. The normalized spacial score (nSPS) is 14.2. The Labute approximate surface area is 168 Å². The maximum absolute atomic E-state index is 12.7. The SMILES string of the molecule is Cn1cc(CS(C)(=O)=NCc2cn3cc(-c4noc(C(F)(F)F)n4)ccc3n2)cn1. The average molecular weight is 439 g/mol. The fraction of sp³-hybridized carbons (Fsp3) is 0.294. The van der Waals surface area contributed by atoms with E-state index in [9.17, 15) is 17.4 Å². The van der Waals surface area contributed by atoms with E-state index < -0.39 is 21.8 Å². The molecular formula is C17H16F3N7O2S. The first-order valence-corrected chi connectivity index (χ1v) is 10.7. The van der Waals surface area contributed by atoms with E-state index in [-0.39, 0.29) is 18.1 Å². The van der Waals surface area contributed by atoms with Crippen molar-refractivity contribution in [3.05, 3.63) is 54.1 Å². The van der Waals surface area contributed by atoms with Gasteiger partial charge in [-0.2, -0.15) is 23.3 Å². The molecule has 0 spiro atoms. The van der Waals surface area contributed by atoms with Crippen LogP contribution in [0.2, 0.25) is 0 Å². The van der Waals surface area contributed by atoms with Gasteiger partial charge in [0.1, 0.15) is 5.65 Å². The molecule has 0 bridgehead atoms. The molecule has 30 heavy (non-hydrogen) atoms. The summed E-state index contributed by atoms with van der Waals surface area (Å²) in [5, 5.41) is 7.42. The number of rotatable bonds is 5. The Kier molecular flexibility index (Phi) is 4.84. The quantitative estimate of drug-likeness (QED) is 0.474. The molecule has 0 saturated heterocycles. The third-order valence-corrected chi connectivity index (χ3v) is 5.66. The standard InChI is InChI=1S/C17H16F3N7O2S/c1-26-7-11(5-21-26)10-30(2,28)22-6-13-9-27-8-12(3-4-14(27)23-13)15-24-16(29-25-15)17(18,19)20/h3-5,7-9H,6,10H2,1-2H3. The number of fused-ring (bicyclic) bond motifs is 1. The van der Waals surface area contributed by atoms with E-state index in [4.69, 9.17) is 0 Å². The van der Waals surface area contributed by atoms with E-state index in [0.29, 0.717) is 16.9 Å². The summed E-state index contributed by atoms with van der Waals surface area (Å²) in [6, 6.07) is 3.15. The molecule has 0 aliphatic carbocycles. The predicted octanol–water partition coefficient (Wildman–Crippen LogP) is 2.93. The number of alkyl halides is 3. The number of pyridine rings is 1. The van der Waals surface area contributed by atoms with Crippen molar-refractivity contribution in [2.45, 2.75) is 18.5 Å². The fourth-order valence-corrected chi connectivity index (χ4v) is 4.08. The Hall–Kier alpha value is -3.22. The molecule has 4 aromatic rings. The molecule has 4 heterocycles. The second-order valence-electron chi connectivity index (χ2n) is 6.75. The lowest BCUT2D eigenvalue weighted by Crippen LogP contribution is -2.04. The summed E-state index contributed by atoms with van der Waals surface area (Å²) in [5.41, 5.74) is 2.28. The van der Waals surface area contributed by atoms with E-state index in [2.05, 4.69) is 29.1 Å². The van der Waals surface area contributed by atoms with E-state index in [1.165, 1.54) is 6.20 Å². The van der Waals surface area contributed by atoms with Crippen molar-refractivity contribution in [3.63, 3.8) is 0 Å². The highest BCUT2D eigenvalue weighted by Crippen LogP contribution is 2.29. The second kappa shape index (κ2) is 7.23. The molecule has 1 unspecified atom stereocenters. The Morgan fingerprint density at radius 3 is 2.67 bits per heavy atom. The molecule has 9 nitrogen and oxygen atoms in total. The van der Waals surface area contributed by atoms with E-state index >= 15 is 0 Å². The largest absolute Gasteiger partial charge is 0.471 e. The van der Waals surface area contributed by atoms with Crippen LogP contribution in [0.3, 0.4) is 0 Å². The van der Waals surface area contributed by atoms with Crippen molar-refractivity contribution in [2.75, 3.05) is 6.26 Å². The molecule has 0 saturated carbocycles. The van der Waals surface area contributed by atoms with Crippen molar-refractivity contribution in [3.8, 4) is 11.4 Å². The van der Waals surface area contributed by atoms with Crippen LogP contribution in [-0.2, 0) is 35.3 Å². The van der Waals surface area contributed by atoms with E-state index in [0.717, 1.165) is 5.56 Å². The van der Waals surface area contributed by atoms with E-state index in [1.54, 1.807) is 53.1 Å². The lowest BCUT2D eigenvalue weighted by atomic mass is 10.3. The number of nitrogens with zero attached hydrogens (tertiary/aromatic N) is 7. The first-order valence-electron chi connectivity index (χ1n) is 8.61. The molecule has 4 aromatic heterocycles. The highest BCUT2D eigenvalue weighted by atomic mass is 32.2. The van der Waals surface area contributed by atoms with Gasteiger partial charge in [0.2, 0.25) is 5.82 Å². The van der Waals surface area contributed by atoms with Crippen molar-refractivity contribution >= 4 is 15.4 Å². The molecule has 1 atom stereocenters. The summed E-state index contributed by atoms with van der Waals surface area (Å²) >= 11 is 0. The predicted molar refractivity (Wildman–Crippen MR) is 101 cm³/mol. The average Bonchev–Trinajstić information content (AvgIpc) is 3.37. The van der Waals surface area contributed by atoms with Gasteiger partial charge in [-0.05, 0) is 12.1 Å². The summed E-state index contributed by atoms with van der Waals surface area (Å²) in [6.07, 6.45) is 3.49. The van der Waals surface area contributed by atoms with Gasteiger partial charge in [0.15, 0.2) is 0 Å². The van der Waals surface area contributed by atoms with Gasteiger partial charge in [0.25, 0.3) is 0 Å². The van der Waals surface area contributed by atoms with Gasteiger partial charge >= 0.3 is 12.1 Å². The van der Waals surface area contributed by atoms with Gasteiger partial charge in [-0.25, -0.2) is 13.6 Å². The summed E-state index contributed by atoms with van der Waals surface area (Å²) in [7, 11) is -0.707. The minimum atomic E-state index is -4.71. The molecule has 0 aliphatic rings. The van der Waals surface area contributed by atoms with Crippen LogP contribution >= 0.6 is 0 Å². The topological polar surface area (TPSA) is 103 Å². The molecular weight excluding hydrogens is 423 g/mol. The van der Waals surface area contributed by atoms with Crippen LogP contribution in [0.15, 0.2) is 45.8 Å². The van der Waals surface area contributed by atoms with Crippen molar-refractivity contribution < 1.29 is 21.9 Å². The number of aromatic nitrogens is 6. The molecule has 0 radical (unpaired) electrons. The summed E-state index contributed by atoms with van der Waals surface area (Å²) < 4.78 is 62.4. The van der Waals surface area contributed by atoms with Crippen LogP contribution < -0.4 is 0 Å². The Balaban J connectivity index is 1.55. The van der Waals surface area contributed by atoms with Gasteiger partial charge < -0.3 is 8.92 Å². The van der Waals surface area contributed by atoms with Crippen molar-refractivity contribution in [1.82, 2.24) is 29.3 Å². The van der Waals surface area contributed by atoms with Crippen molar-refractivity contribution in [2.24, 2.45) is 11.4 Å². The second-order valence-corrected chi connectivity index (χ2v) is 9.22.